The predicted octanol–water partition coefficient (Wildman–Crippen LogP) is 4.87. The molecule has 1 amide bonds. The van der Waals surface area contributed by atoms with Crippen LogP contribution in [-0.4, -0.2) is 10.9 Å². The maximum Gasteiger partial charge on any atom is 0.227 e. The number of carbonyl (C=O) groups is 1. The molecule has 0 radical (unpaired) electrons. The van der Waals surface area contributed by atoms with E-state index >= 15 is 0 Å². The number of rotatable bonds is 5. The molecule has 1 N–H and O–H groups in total. The molecule has 3 rings (SSSR count). The van der Waals surface area contributed by atoms with Gasteiger partial charge >= 0.3 is 0 Å². The van der Waals surface area contributed by atoms with E-state index in [-0.39, 0.29) is 11.8 Å². The number of aromatic nitrogens is 1. The minimum atomic E-state index is 0.0443. The van der Waals surface area contributed by atoms with Crippen LogP contribution in [0, 0.1) is 5.92 Å². The zero-order valence-electron chi connectivity index (χ0n) is 13.4. The minimum Gasteiger partial charge on any atom is -0.436 e. The molecular weight excluding hydrogens is 288 g/mol. The molecule has 0 spiro atoms. The average molecular weight is 308 g/mol. The van der Waals surface area contributed by atoms with Gasteiger partial charge in [0, 0.05) is 17.2 Å². The second-order valence-electron chi connectivity index (χ2n) is 5.57. The van der Waals surface area contributed by atoms with Gasteiger partial charge < -0.3 is 9.73 Å². The molecule has 23 heavy (non-hydrogen) atoms. The van der Waals surface area contributed by atoms with E-state index in [1.807, 2.05) is 62.4 Å². The topological polar surface area (TPSA) is 55.1 Å². The van der Waals surface area contributed by atoms with Gasteiger partial charge in [-0.25, -0.2) is 4.98 Å². The number of fused-ring (bicyclic) bond motifs is 1. The van der Waals surface area contributed by atoms with Crippen LogP contribution >= 0.6 is 0 Å². The third kappa shape index (κ3) is 3.26. The number of benzene rings is 2. The van der Waals surface area contributed by atoms with Gasteiger partial charge in [-0.15, -0.1) is 0 Å². The molecule has 0 atom stereocenters. The van der Waals surface area contributed by atoms with E-state index < -0.39 is 0 Å². The molecular formula is C19H20N2O2. The molecule has 0 aliphatic rings. The third-order valence-corrected chi connectivity index (χ3v) is 4.03. The lowest BCUT2D eigenvalue weighted by Gasteiger charge is -2.12. The lowest BCUT2D eigenvalue weighted by atomic mass is 10.0. The van der Waals surface area contributed by atoms with Crippen molar-refractivity contribution in [3.8, 4) is 11.5 Å². The second-order valence-corrected chi connectivity index (χ2v) is 5.57. The molecule has 3 aromatic rings. The van der Waals surface area contributed by atoms with Crippen LogP contribution in [0.2, 0.25) is 0 Å². The lowest BCUT2D eigenvalue weighted by Crippen LogP contribution is -2.21. The Kier molecular flexibility index (Phi) is 4.42. The Morgan fingerprint density at radius 2 is 1.87 bits per heavy atom. The van der Waals surface area contributed by atoms with Crippen LogP contribution in [0.4, 0.5) is 5.69 Å². The van der Waals surface area contributed by atoms with E-state index in [1.54, 1.807) is 0 Å². The van der Waals surface area contributed by atoms with Crippen molar-refractivity contribution < 1.29 is 9.21 Å². The van der Waals surface area contributed by atoms with Gasteiger partial charge in [0.25, 0.3) is 0 Å². The summed E-state index contributed by atoms with van der Waals surface area (Å²) >= 11 is 0. The van der Waals surface area contributed by atoms with E-state index in [0.29, 0.717) is 11.5 Å². The average Bonchev–Trinajstić information content (AvgIpc) is 3.00. The normalized spacial score (nSPS) is 11.1. The standard InChI is InChI=1S/C19H20N2O2/c1-3-13(4-2)18(22)20-15-10-11-17-16(12-15)21-19(23-17)14-8-6-5-7-9-14/h5-13H,3-4H2,1-2H3,(H,20,22). The Hall–Kier alpha value is -2.62. The van der Waals surface area contributed by atoms with Crippen LogP contribution in [0.25, 0.3) is 22.6 Å². The highest BCUT2D eigenvalue weighted by Crippen LogP contribution is 2.26. The maximum atomic E-state index is 12.2. The molecule has 0 aliphatic carbocycles. The molecule has 4 nitrogen and oxygen atoms in total. The fourth-order valence-electron chi connectivity index (χ4n) is 2.61. The summed E-state index contributed by atoms with van der Waals surface area (Å²) in [6.45, 7) is 4.06. The SMILES string of the molecule is CCC(CC)C(=O)Nc1ccc2oc(-c3ccccc3)nc2c1. The van der Waals surface area contributed by atoms with E-state index in [4.69, 9.17) is 4.42 Å². The van der Waals surface area contributed by atoms with Crippen molar-refractivity contribution in [1.82, 2.24) is 4.98 Å². The van der Waals surface area contributed by atoms with Crippen LogP contribution in [0.15, 0.2) is 52.9 Å². The number of amides is 1. The highest BCUT2D eigenvalue weighted by Gasteiger charge is 2.15. The van der Waals surface area contributed by atoms with Gasteiger partial charge in [-0.05, 0) is 43.2 Å². The molecule has 0 aliphatic heterocycles. The largest absolute Gasteiger partial charge is 0.436 e. The van der Waals surface area contributed by atoms with Crippen molar-refractivity contribution in [3.05, 3.63) is 48.5 Å². The highest BCUT2D eigenvalue weighted by molar-refractivity contribution is 5.94. The van der Waals surface area contributed by atoms with Crippen LogP contribution < -0.4 is 5.32 Å². The Bertz CT molecular complexity index is 805. The molecule has 0 bridgehead atoms. The minimum absolute atomic E-state index is 0.0443. The first-order valence-electron chi connectivity index (χ1n) is 7.98. The quantitative estimate of drug-likeness (QED) is 0.731. The van der Waals surface area contributed by atoms with E-state index in [9.17, 15) is 4.79 Å². The molecule has 118 valence electrons. The number of nitrogens with one attached hydrogen (secondary N) is 1. The monoisotopic (exact) mass is 308 g/mol. The Balaban J connectivity index is 1.86. The predicted molar refractivity (Wildman–Crippen MR) is 92.1 cm³/mol. The van der Waals surface area contributed by atoms with Gasteiger partial charge in [0.2, 0.25) is 11.8 Å². The number of nitrogens with zero attached hydrogens (tertiary/aromatic N) is 1. The summed E-state index contributed by atoms with van der Waals surface area (Å²) in [6, 6.07) is 15.3. The molecule has 0 fully saturated rings. The molecule has 1 aromatic heterocycles. The zero-order valence-corrected chi connectivity index (χ0v) is 13.4. The van der Waals surface area contributed by atoms with Gasteiger partial charge in [-0.3, -0.25) is 4.79 Å². The van der Waals surface area contributed by atoms with Gasteiger partial charge in [-0.2, -0.15) is 0 Å². The number of oxazole rings is 1. The van der Waals surface area contributed by atoms with Crippen molar-refractivity contribution in [3.63, 3.8) is 0 Å². The summed E-state index contributed by atoms with van der Waals surface area (Å²) in [6.07, 6.45) is 1.68. The van der Waals surface area contributed by atoms with E-state index in [1.165, 1.54) is 0 Å². The summed E-state index contributed by atoms with van der Waals surface area (Å²) in [5.41, 5.74) is 3.14. The summed E-state index contributed by atoms with van der Waals surface area (Å²) in [5.74, 6) is 0.688. The smallest absolute Gasteiger partial charge is 0.227 e. The molecule has 0 saturated heterocycles. The Morgan fingerprint density at radius 3 is 2.57 bits per heavy atom. The van der Waals surface area contributed by atoms with Crippen molar-refractivity contribution in [2.45, 2.75) is 26.7 Å². The van der Waals surface area contributed by atoms with Crippen LogP contribution in [0.5, 0.6) is 0 Å². The van der Waals surface area contributed by atoms with Gasteiger partial charge in [0.15, 0.2) is 5.58 Å². The van der Waals surface area contributed by atoms with Crippen molar-refractivity contribution in [2.75, 3.05) is 5.32 Å². The summed E-state index contributed by atoms with van der Waals surface area (Å²) in [5, 5.41) is 2.96. The lowest BCUT2D eigenvalue weighted by molar-refractivity contribution is -0.120. The number of anilines is 1. The molecule has 0 saturated carbocycles. The fourth-order valence-corrected chi connectivity index (χ4v) is 2.61. The van der Waals surface area contributed by atoms with Gasteiger partial charge in [0.1, 0.15) is 5.52 Å². The summed E-state index contributed by atoms with van der Waals surface area (Å²) < 4.78 is 5.78. The van der Waals surface area contributed by atoms with Gasteiger partial charge in [-0.1, -0.05) is 32.0 Å². The van der Waals surface area contributed by atoms with E-state index in [2.05, 4.69) is 10.3 Å². The second kappa shape index (κ2) is 6.65. The fraction of sp³-hybridized carbons (Fsp3) is 0.263. The Morgan fingerprint density at radius 1 is 1.13 bits per heavy atom. The number of carbonyl (C=O) groups excluding carboxylic acids is 1. The third-order valence-electron chi connectivity index (χ3n) is 4.03. The Labute approximate surface area is 135 Å². The zero-order chi connectivity index (χ0) is 16.2. The molecule has 0 unspecified atom stereocenters. The van der Waals surface area contributed by atoms with E-state index in [0.717, 1.165) is 29.6 Å². The number of hydrogen-bond donors (Lipinski definition) is 1. The van der Waals surface area contributed by atoms with Crippen molar-refractivity contribution in [2.24, 2.45) is 5.92 Å². The van der Waals surface area contributed by atoms with Crippen LogP contribution in [0.3, 0.4) is 0 Å². The first-order chi connectivity index (χ1) is 11.2. The van der Waals surface area contributed by atoms with Crippen LogP contribution in [0.1, 0.15) is 26.7 Å². The number of hydrogen-bond acceptors (Lipinski definition) is 3. The molecule has 1 heterocycles. The van der Waals surface area contributed by atoms with Crippen molar-refractivity contribution in [1.29, 1.82) is 0 Å². The first-order valence-corrected chi connectivity index (χ1v) is 7.98. The van der Waals surface area contributed by atoms with Crippen LogP contribution in [-0.2, 0) is 4.79 Å². The van der Waals surface area contributed by atoms with Crippen molar-refractivity contribution >= 4 is 22.7 Å². The molecule has 4 heteroatoms. The van der Waals surface area contributed by atoms with Gasteiger partial charge in [0.05, 0.1) is 0 Å². The summed E-state index contributed by atoms with van der Waals surface area (Å²) in [4.78, 5) is 16.7. The first kappa shape index (κ1) is 15.3. The molecule has 2 aromatic carbocycles. The maximum absolute atomic E-state index is 12.2. The highest BCUT2D eigenvalue weighted by atomic mass is 16.3. The summed E-state index contributed by atoms with van der Waals surface area (Å²) in [7, 11) is 0.